The van der Waals surface area contributed by atoms with Gasteiger partial charge in [0.05, 0.1) is 13.0 Å². The Labute approximate surface area is 166 Å². The van der Waals surface area contributed by atoms with E-state index in [1.807, 2.05) is 11.8 Å². The molecule has 8 heteroatoms. The molecule has 2 unspecified atom stereocenters. The lowest BCUT2D eigenvalue weighted by Crippen LogP contribution is -2.49. The second kappa shape index (κ2) is 10.1. The van der Waals surface area contributed by atoms with E-state index in [4.69, 9.17) is 9.47 Å². The van der Waals surface area contributed by atoms with Crippen LogP contribution in [0, 0.1) is 11.8 Å². The minimum Gasteiger partial charge on any atom is -0.469 e. The summed E-state index contributed by atoms with van der Waals surface area (Å²) in [7, 11) is 3.26. The molecule has 2 rings (SSSR count). The highest BCUT2D eigenvalue weighted by molar-refractivity contribution is 14.0. The van der Waals surface area contributed by atoms with Crippen molar-refractivity contribution in [1.29, 1.82) is 0 Å². The number of aliphatic imine (C=N–C) groups is 1. The minimum absolute atomic E-state index is 0. The summed E-state index contributed by atoms with van der Waals surface area (Å²) in [6.45, 7) is 6.12. The van der Waals surface area contributed by atoms with E-state index in [0.29, 0.717) is 6.54 Å². The number of ether oxygens (including phenoxy) is 2. The van der Waals surface area contributed by atoms with E-state index in [1.165, 1.54) is 7.11 Å². The third-order valence-corrected chi connectivity index (χ3v) is 6.45. The normalized spacial score (nSPS) is 26.7. The summed E-state index contributed by atoms with van der Waals surface area (Å²) in [4.78, 5) is 18.4. The third kappa shape index (κ3) is 5.14. The first-order chi connectivity index (χ1) is 11.0. The maximum absolute atomic E-state index is 11.9. The number of nitrogens with one attached hydrogen (secondary N) is 1. The van der Waals surface area contributed by atoms with Crippen molar-refractivity contribution in [2.45, 2.75) is 24.5 Å². The van der Waals surface area contributed by atoms with E-state index in [-0.39, 0.29) is 46.5 Å². The number of likely N-dealkylation sites (tertiary alicyclic amines) is 1. The van der Waals surface area contributed by atoms with Crippen molar-refractivity contribution < 1.29 is 14.3 Å². The Balaban J connectivity index is 0.00000288. The van der Waals surface area contributed by atoms with E-state index in [1.54, 1.807) is 7.05 Å². The van der Waals surface area contributed by atoms with Gasteiger partial charge >= 0.3 is 5.97 Å². The Morgan fingerprint density at radius 3 is 2.62 bits per heavy atom. The molecule has 0 amide bonds. The zero-order valence-electron chi connectivity index (χ0n) is 15.0. The van der Waals surface area contributed by atoms with E-state index in [2.05, 4.69) is 28.4 Å². The monoisotopic (exact) mass is 471 g/mol. The zero-order chi connectivity index (χ0) is 16.9. The summed E-state index contributed by atoms with van der Waals surface area (Å²) in [5.74, 6) is 0.957. The lowest BCUT2D eigenvalue weighted by atomic mass is 9.99. The highest BCUT2D eigenvalue weighted by atomic mass is 127. The number of esters is 1. The zero-order valence-corrected chi connectivity index (χ0v) is 18.2. The molecule has 0 aromatic carbocycles. The Bertz CT molecular complexity index is 444. The molecule has 0 aromatic rings. The summed E-state index contributed by atoms with van der Waals surface area (Å²) in [6, 6.07) is 0. The molecular weight excluding hydrogens is 441 g/mol. The van der Waals surface area contributed by atoms with Crippen LogP contribution in [-0.4, -0.2) is 74.8 Å². The van der Waals surface area contributed by atoms with Crippen molar-refractivity contribution in [3.63, 3.8) is 0 Å². The van der Waals surface area contributed by atoms with E-state index >= 15 is 0 Å². The smallest absolute Gasteiger partial charge is 0.310 e. The molecule has 2 aliphatic heterocycles. The molecule has 0 saturated carbocycles. The molecule has 2 aliphatic rings. The van der Waals surface area contributed by atoms with Gasteiger partial charge in [0.2, 0.25) is 0 Å². The molecule has 0 aromatic heterocycles. The first kappa shape index (κ1) is 21.8. The predicted molar refractivity (Wildman–Crippen MR) is 109 cm³/mol. The number of nitrogens with zero attached hydrogens (tertiary/aromatic N) is 2. The number of carbonyl (C=O) groups excluding carboxylic acids is 1. The molecule has 2 heterocycles. The highest BCUT2D eigenvalue weighted by Gasteiger charge is 2.38. The lowest BCUT2D eigenvalue weighted by molar-refractivity contribution is -0.145. The van der Waals surface area contributed by atoms with E-state index in [0.717, 1.165) is 45.1 Å². The number of hydrogen-bond acceptors (Lipinski definition) is 5. The Kier molecular flexibility index (Phi) is 9.14. The number of carbonyl (C=O) groups is 1. The van der Waals surface area contributed by atoms with Crippen LogP contribution < -0.4 is 5.32 Å². The predicted octanol–water partition coefficient (Wildman–Crippen LogP) is 1.83. The van der Waals surface area contributed by atoms with Gasteiger partial charge in [-0.15, -0.1) is 24.0 Å². The van der Waals surface area contributed by atoms with Crippen molar-refractivity contribution in [2.75, 3.05) is 53.3 Å². The Hall–Kier alpha value is -0.220. The fourth-order valence-electron chi connectivity index (χ4n) is 3.37. The van der Waals surface area contributed by atoms with Crippen molar-refractivity contribution >= 4 is 47.7 Å². The Morgan fingerprint density at radius 2 is 2.08 bits per heavy atom. The minimum atomic E-state index is -0.125. The van der Waals surface area contributed by atoms with Crippen molar-refractivity contribution in [3.05, 3.63) is 0 Å². The van der Waals surface area contributed by atoms with Crippen LogP contribution in [0.2, 0.25) is 0 Å². The van der Waals surface area contributed by atoms with Crippen LogP contribution in [0.25, 0.3) is 0 Å². The number of hydrogen-bond donors (Lipinski definition) is 1. The summed E-state index contributed by atoms with van der Waals surface area (Å²) in [5, 5.41) is 3.52. The number of rotatable bonds is 4. The second-order valence-electron chi connectivity index (χ2n) is 6.41. The summed E-state index contributed by atoms with van der Waals surface area (Å²) >= 11 is 1.91. The van der Waals surface area contributed by atoms with Gasteiger partial charge in [0.1, 0.15) is 0 Å². The molecule has 2 atom stereocenters. The van der Waals surface area contributed by atoms with Gasteiger partial charge in [-0.3, -0.25) is 9.79 Å². The summed E-state index contributed by atoms with van der Waals surface area (Å²) in [5.41, 5.74) is 0. The Morgan fingerprint density at radius 1 is 1.42 bits per heavy atom. The van der Waals surface area contributed by atoms with Gasteiger partial charge in [0.25, 0.3) is 0 Å². The van der Waals surface area contributed by atoms with Crippen LogP contribution in [0.15, 0.2) is 4.99 Å². The highest BCUT2D eigenvalue weighted by Crippen LogP contribution is 2.33. The standard InChI is InChI=1S/C16H29N3O3S.HI/c1-12-9-19(10-13(12)14(20)21-3)15(17-2)18-11-16(23-4)5-7-22-8-6-16;/h12-13H,5-11H2,1-4H3,(H,17,18);1H. The van der Waals surface area contributed by atoms with Crippen LogP contribution in [0.5, 0.6) is 0 Å². The number of thioether (sulfide) groups is 1. The molecule has 0 radical (unpaired) electrons. The SMILES string of the molecule is CN=C(NCC1(SC)CCOCC1)N1CC(C)C(C(=O)OC)C1.I. The molecule has 6 nitrogen and oxygen atoms in total. The first-order valence-corrected chi connectivity index (χ1v) is 9.44. The quantitative estimate of drug-likeness (QED) is 0.292. The molecular formula is C16H30IN3O3S. The van der Waals surface area contributed by atoms with Crippen LogP contribution in [0.4, 0.5) is 0 Å². The van der Waals surface area contributed by atoms with Gasteiger partial charge in [-0.2, -0.15) is 11.8 Å². The van der Waals surface area contributed by atoms with Crippen LogP contribution in [0.1, 0.15) is 19.8 Å². The number of halogens is 1. The first-order valence-electron chi connectivity index (χ1n) is 8.21. The molecule has 2 saturated heterocycles. The third-order valence-electron chi connectivity index (χ3n) is 5.03. The molecule has 0 aliphatic carbocycles. The van der Waals surface area contributed by atoms with Gasteiger partial charge in [-0.1, -0.05) is 6.92 Å². The van der Waals surface area contributed by atoms with Gasteiger partial charge in [0, 0.05) is 44.6 Å². The fourth-order valence-corrected chi connectivity index (χ4v) is 4.16. The largest absolute Gasteiger partial charge is 0.469 e. The maximum Gasteiger partial charge on any atom is 0.310 e. The van der Waals surface area contributed by atoms with Crippen LogP contribution in [0.3, 0.4) is 0 Å². The fraction of sp³-hybridized carbons (Fsp3) is 0.875. The molecule has 0 spiro atoms. The van der Waals surface area contributed by atoms with Crippen LogP contribution in [-0.2, 0) is 14.3 Å². The topological polar surface area (TPSA) is 63.2 Å². The van der Waals surface area contributed by atoms with Gasteiger partial charge in [-0.25, -0.2) is 0 Å². The average molecular weight is 471 g/mol. The molecule has 24 heavy (non-hydrogen) atoms. The second-order valence-corrected chi connectivity index (χ2v) is 7.69. The van der Waals surface area contributed by atoms with Crippen molar-refractivity contribution in [2.24, 2.45) is 16.8 Å². The van der Waals surface area contributed by atoms with Crippen LogP contribution >= 0.6 is 35.7 Å². The van der Waals surface area contributed by atoms with E-state index < -0.39 is 0 Å². The van der Waals surface area contributed by atoms with Gasteiger partial charge < -0.3 is 19.7 Å². The molecule has 1 N–H and O–H groups in total. The molecule has 140 valence electrons. The van der Waals surface area contributed by atoms with E-state index in [9.17, 15) is 4.79 Å². The van der Waals surface area contributed by atoms with Gasteiger partial charge in [-0.05, 0) is 25.0 Å². The average Bonchev–Trinajstić information content (AvgIpc) is 2.97. The van der Waals surface area contributed by atoms with Crippen molar-refractivity contribution in [1.82, 2.24) is 10.2 Å². The molecule has 2 fully saturated rings. The summed E-state index contributed by atoms with van der Waals surface area (Å²) in [6.07, 6.45) is 4.28. The number of guanidine groups is 1. The van der Waals surface area contributed by atoms with Crippen molar-refractivity contribution in [3.8, 4) is 0 Å². The van der Waals surface area contributed by atoms with Gasteiger partial charge in [0.15, 0.2) is 5.96 Å². The molecule has 0 bridgehead atoms. The summed E-state index contributed by atoms with van der Waals surface area (Å²) < 4.78 is 10.6. The maximum atomic E-state index is 11.9. The lowest BCUT2D eigenvalue weighted by Gasteiger charge is -2.37. The number of methoxy groups -OCH3 is 1.